The van der Waals surface area contributed by atoms with Crippen LogP contribution in [-0.4, -0.2) is 31.1 Å². The third kappa shape index (κ3) is 5.38. The van der Waals surface area contributed by atoms with Crippen LogP contribution < -0.4 is 15.4 Å². The molecule has 0 aliphatic carbocycles. The number of benzene rings is 1. The first kappa shape index (κ1) is 18.1. The Kier molecular flexibility index (Phi) is 6.16. The summed E-state index contributed by atoms with van der Waals surface area (Å²) in [4.78, 5) is 34.7. The van der Waals surface area contributed by atoms with E-state index in [4.69, 9.17) is 13.9 Å². The van der Waals surface area contributed by atoms with Gasteiger partial charge < -0.3 is 19.2 Å². The number of ether oxygens (including phenoxy) is 2. The van der Waals surface area contributed by atoms with Crippen LogP contribution >= 0.6 is 0 Å². The molecule has 1 aromatic heterocycles. The van der Waals surface area contributed by atoms with Gasteiger partial charge in [0.2, 0.25) is 5.76 Å². The lowest BCUT2D eigenvalue weighted by Gasteiger charge is -2.11. The molecule has 2 N–H and O–H groups in total. The third-order valence-corrected chi connectivity index (χ3v) is 3.10. The smallest absolute Gasteiger partial charge is 0.375 e. The predicted molar refractivity (Wildman–Crippen MR) is 87.0 cm³/mol. The van der Waals surface area contributed by atoms with E-state index < -0.39 is 24.0 Å². The summed E-state index contributed by atoms with van der Waals surface area (Å²) in [6.45, 7) is 1.49. The molecule has 0 saturated carbocycles. The average molecular weight is 346 g/mol. The van der Waals surface area contributed by atoms with E-state index in [-0.39, 0.29) is 12.4 Å². The molecule has 132 valence electrons. The van der Waals surface area contributed by atoms with Gasteiger partial charge in [0.15, 0.2) is 6.10 Å². The molecule has 1 aromatic carbocycles. The first-order valence-corrected chi connectivity index (χ1v) is 7.49. The first-order valence-electron chi connectivity index (χ1n) is 7.49. The topological polar surface area (TPSA) is 107 Å². The Morgan fingerprint density at radius 2 is 1.84 bits per heavy atom. The zero-order valence-corrected chi connectivity index (χ0v) is 13.8. The third-order valence-electron chi connectivity index (χ3n) is 3.10. The quantitative estimate of drug-likeness (QED) is 0.773. The summed E-state index contributed by atoms with van der Waals surface area (Å²) in [6.07, 6.45) is -1.15. The lowest BCUT2D eigenvalue weighted by atomic mass is 10.3. The Morgan fingerprint density at radius 3 is 2.52 bits per heavy atom. The molecule has 0 saturated heterocycles. The summed E-state index contributed by atoms with van der Waals surface area (Å²) >= 11 is 0. The Bertz CT molecular complexity index is 741. The maximum absolute atomic E-state index is 12.0. The number of nitrogens with one attached hydrogen (secondary N) is 2. The standard InChI is InChI=1S/C17H18N2O6/c1-11(15(20)19-17(22)18-2)24-16(21)14-9-8-13(25-14)10-23-12-6-4-3-5-7-12/h3-9,11H,10H2,1-2H3,(H2,18,19,20,22). The number of amides is 3. The Morgan fingerprint density at radius 1 is 1.12 bits per heavy atom. The van der Waals surface area contributed by atoms with Gasteiger partial charge in [-0.2, -0.15) is 0 Å². The number of esters is 1. The zero-order valence-electron chi connectivity index (χ0n) is 13.8. The molecule has 25 heavy (non-hydrogen) atoms. The van der Waals surface area contributed by atoms with Crippen molar-refractivity contribution in [3.05, 3.63) is 54.0 Å². The van der Waals surface area contributed by atoms with Crippen LogP contribution in [0.25, 0.3) is 0 Å². The van der Waals surface area contributed by atoms with Crippen molar-refractivity contribution < 1.29 is 28.3 Å². The second-order valence-electron chi connectivity index (χ2n) is 4.98. The van der Waals surface area contributed by atoms with Gasteiger partial charge in [0, 0.05) is 7.05 Å². The number of rotatable bonds is 6. The fraction of sp³-hybridized carbons (Fsp3) is 0.235. The van der Waals surface area contributed by atoms with Gasteiger partial charge in [-0.25, -0.2) is 9.59 Å². The van der Waals surface area contributed by atoms with Crippen LogP contribution in [-0.2, 0) is 16.1 Å². The highest BCUT2D eigenvalue weighted by atomic mass is 16.6. The highest BCUT2D eigenvalue weighted by Crippen LogP contribution is 2.15. The molecule has 8 nitrogen and oxygen atoms in total. The van der Waals surface area contributed by atoms with E-state index in [1.165, 1.54) is 20.0 Å². The van der Waals surface area contributed by atoms with E-state index in [2.05, 4.69) is 5.32 Å². The Hall–Kier alpha value is -3.29. The van der Waals surface area contributed by atoms with Crippen LogP contribution in [0.3, 0.4) is 0 Å². The SMILES string of the molecule is CNC(=O)NC(=O)C(C)OC(=O)c1ccc(COc2ccccc2)o1. The second kappa shape index (κ2) is 8.53. The molecule has 1 heterocycles. The number of carbonyl (C=O) groups excluding carboxylic acids is 3. The van der Waals surface area contributed by atoms with Gasteiger partial charge in [0.05, 0.1) is 0 Å². The van der Waals surface area contributed by atoms with Crippen molar-refractivity contribution in [2.75, 3.05) is 7.05 Å². The summed E-state index contributed by atoms with van der Waals surface area (Å²) in [5, 5.41) is 4.24. The van der Waals surface area contributed by atoms with Gasteiger partial charge in [0.25, 0.3) is 5.91 Å². The summed E-state index contributed by atoms with van der Waals surface area (Å²) in [5.41, 5.74) is 0. The molecule has 1 unspecified atom stereocenters. The van der Waals surface area contributed by atoms with Gasteiger partial charge in [-0.05, 0) is 31.2 Å². The summed E-state index contributed by atoms with van der Waals surface area (Å²) in [6, 6.07) is 11.5. The number of para-hydroxylation sites is 1. The lowest BCUT2D eigenvalue weighted by molar-refractivity contribution is -0.128. The van der Waals surface area contributed by atoms with E-state index in [1.807, 2.05) is 23.5 Å². The number of hydrogen-bond acceptors (Lipinski definition) is 6. The van der Waals surface area contributed by atoms with Crippen LogP contribution in [0, 0.1) is 0 Å². The minimum Gasteiger partial charge on any atom is -0.486 e. The number of carbonyl (C=O) groups is 3. The first-order chi connectivity index (χ1) is 12.0. The van der Waals surface area contributed by atoms with Gasteiger partial charge >= 0.3 is 12.0 Å². The van der Waals surface area contributed by atoms with Crippen molar-refractivity contribution >= 4 is 17.9 Å². The van der Waals surface area contributed by atoms with E-state index in [9.17, 15) is 14.4 Å². The summed E-state index contributed by atoms with van der Waals surface area (Å²) in [7, 11) is 1.36. The van der Waals surface area contributed by atoms with Crippen molar-refractivity contribution in [2.24, 2.45) is 0 Å². The average Bonchev–Trinajstić information content (AvgIpc) is 3.09. The molecular formula is C17H18N2O6. The zero-order chi connectivity index (χ0) is 18.2. The molecule has 0 aliphatic heterocycles. The van der Waals surface area contributed by atoms with E-state index in [0.29, 0.717) is 11.5 Å². The molecular weight excluding hydrogens is 328 g/mol. The molecule has 0 spiro atoms. The van der Waals surface area contributed by atoms with Crippen molar-refractivity contribution in [1.29, 1.82) is 0 Å². The molecule has 0 bridgehead atoms. The van der Waals surface area contributed by atoms with E-state index in [1.54, 1.807) is 18.2 Å². The minimum absolute atomic E-state index is 0.0637. The largest absolute Gasteiger partial charge is 0.486 e. The molecule has 0 radical (unpaired) electrons. The second-order valence-corrected chi connectivity index (χ2v) is 4.98. The molecule has 0 aliphatic rings. The highest BCUT2D eigenvalue weighted by Gasteiger charge is 2.22. The van der Waals surface area contributed by atoms with Gasteiger partial charge in [-0.15, -0.1) is 0 Å². The Balaban J connectivity index is 1.87. The number of hydrogen-bond donors (Lipinski definition) is 2. The maximum Gasteiger partial charge on any atom is 0.375 e. The monoisotopic (exact) mass is 346 g/mol. The molecule has 3 amide bonds. The number of furan rings is 1. The van der Waals surface area contributed by atoms with Crippen molar-refractivity contribution in [1.82, 2.24) is 10.6 Å². The van der Waals surface area contributed by atoms with Crippen molar-refractivity contribution in [3.8, 4) is 5.75 Å². The summed E-state index contributed by atoms with van der Waals surface area (Å²) < 4.78 is 15.8. The van der Waals surface area contributed by atoms with E-state index >= 15 is 0 Å². The Labute approximate surface area is 144 Å². The van der Waals surface area contributed by atoms with Crippen LogP contribution in [0.4, 0.5) is 4.79 Å². The van der Waals surface area contributed by atoms with Crippen molar-refractivity contribution in [3.63, 3.8) is 0 Å². The van der Waals surface area contributed by atoms with Crippen LogP contribution in [0.15, 0.2) is 46.9 Å². The van der Waals surface area contributed by atoms with Crippen molar-refractivity contribution in [2.45, 2.75) is 19.6 Å². The predicted octanol–water partition coefficient (Wildman–Crippen LogP) is 1.86. The lowest BCUT2D eigenvalue weighted by Crippen LogP contribution is -2.43. The fourth-order valence-electron chi connectivity index (χ4n) is 1.78. The van der Waals surface area contributed by atoms with Gasteiger partial charge in [-0.3, -0.25) is 10.1 Å². The molecule has 2 rings (SSSR count). The van der Waals surface area contributed by atoms with Crippen LogP contribution in [0.5, 0.6) is 5.75 Å². The summed E-state index contributed by atoms with van der Waals surface area (Å²) in [5.74, 6) is -0.524. The number of urea groups is 1. The van der Waals surface area contributed by atoms with Crippen LogP contribution in [0.1, 0.15) is 23.2 Å². The minimum atomic E-state index is -1.15. The molecule has 0 fully saturated rings. The van der Waals surface area contributed by atoms with Gasteiger partial charge in [0.1, 0.15) is 18.1 Å². The normalized spacial score (nSPS) is 11.3. The van der Waals surface area contributed by atoms with Crippen LogP contribution in [0.2, 0.25) is 0 Å². The van der Waals surface area contributed by atoms with E-state index in [0.717, 1.165) is 0 Å². The molecule has 2 aromatic rings. The molecule has 1 atom stereocenters. The fourth-order valence-corrected chi connectivity index (χ4v) is 1.78. The van der Waals surface area contributed by atoms with Gasteiger partial charge in [-0.1, -0.05) is 18.2 Å². The molecule has 8 heteroatoms. The number of imide groups is 1. The highest BCUT2D eigenvalue weighted by molar-refractivity contribution is 5.97. The maximum atomic E-state index is 12.0.